The first kappa shape index (κ1) is 17.9. The maximum Gasteiger partial charge on any atom is 0.335 e. The molecule has 0 bridgehead atoms. The molecule has 0 atom stereocenters. The first-order valence-corrected chi connectivity index (χ1v) is 12.0. The van der Waals surface area contributed by atoms with Crippen LogP contribution in [0.4, 0.5) is 0 Å². The third kappa shape index (κ3) is 2.13. The van der Waals surface area contributed by atoms with Gasteiger partial charge in [-0.25, -0.2) is 9.59 Å². The molecule has 2 heterocycles. The van der Waals surface area contributed by atoms with Gasteiger partial charge in [-0.05, 0) is 67.3 Å². The van der Waals surface area contributed by atoms with E-state index in [1.165, 1.54) is 10.4 Å². The Hall–Kier alpha value is -3.96. The molecule has 148 valence electrons. The summed E-state index contributed by atoms with van der Waals surface area (Å²) in [6.45, 7) is 0. The van der Waals surface area contributed by atoms with Crippen LogP contribution in [0.5, 0.6) is 0 Å². The predicted octanol–water partition coefficient (Wildman–Crippen LogP) is 2.42. The lowest BCUT2D eigenvalue weighted by atomic mass is 10.0. The number of carboxylic acids is 2. The molecule has 4 nitrogen and oxygen atoms in total. The Morgan fingerprint density at radius 1 is 0.516 bits per heavy atom. The number of benzene rings is 4. The number of carboxylic acid groups (broad SMARTS) is 2. The minimum Gasteiger partial charge on any atom is -0.478 e. The zero-order valence-electron chi connectivity index (χ0n) is 16.3. The average molecular weight is 420 g/mol. The molecule has 31 heavy (non-hydrogen) atoms. The van der Waals surface area contributed by atoms with Crippen molar-refractivity contribution in [2.24, 2.45) is 0 Å². The van der Waals surface area contributed by atoms with E-state index in [4.69, 9.17) is 0 Å². The van der Waals surface area contributed by atoms with Gasteiger partial charge in [0.05, 0.1) is 11.1 Å². The molecule has 0 radical (unpaired) electrons. The van der Waals surface area contributed by atoms with E-state index in [1.54, 1.807) is 12.1 Å². The molecule has 5 heteroatoms. The minimum absolute atomic E-state index is 0.249. The van der Waals surface area contributed by atoms with Crippen LogP contribution >= 0.6 is 0 Å². The summed E-state index contributed by atoms with van der Waals surface area (Å²) in [5, 5.41) is 23.8. The maximum absolute atomic E-state index is 11.8. The van der Waals surface area contributed by atoms with Crippen molar-refractivity contribution >= 4 is 40.8 Å². The fraction of sp³-hybridized carbons (Fsp3) is 0. The molecule has 0 aromatic heterocycles. The smallest absolute Gasteiger partial charge is 0.335 e. The van der Waals surface area contributed by atoms with Gasteiger partial charge >= 0.3 is 11.9 Å². The van der Waals surface area contributed by atoms with Gasteiger partial charge in [0.15, 0.2) is 8.07 Å². The predicted molar refractivity (Wildman–Crippen MR) is 122 cm³/mol. The second kappa shape index (κ2) is 6.03. The van der Waals surface area contributed by atoms with E-state index in [-0.39, 0.29) is 11.1 Å². The van der Waals surface area contributed by atoms with Gasteiger partial charge in [0, 0.05) is 0 Å². The normalized spacial score (nSPS) is 13.9. The molecule has 2 aliphatic heterocycles. The summed E-state index contributed by atoms with van der Waals surface area (Å²) in [5.41, 5.74) is 4.78. The monoisotopic (exact) mass is 420 g/mol. The van der Waals surface area contributed by atoms with Crippen LogP contribution in [-0.4, -0.2) is 30.2 Å². The van der Waals surface area contributed by atoms with Crippen LogP contribution in [0.25, 0.3) is 22.3 Å². The lowest BCUT2D eigenvalue weighted by molar-refractivity contribution is 0.0686. The van der Waals surface area contributed by atoms with Gasteiger partial charge in [-0.1, -0.05) is 60.7 Å². The van der Waals surface area contributed by atoms with Gasteiger partial charge in [0.1, 0.15) is 0 Å². The fourth-order valence-corrected chi connectivity index (χ4v) is 11.1. The van der Waals surface area contributed by atoms with E-state index in [0.29, 0.717) is 0 Å². The maximum atomic E-state index is 11.8. The van der Waals surface area contributed by atoms with Crippen LogP contribution in [0.3, 0.4) is 0 Å². The van der Waals surface area contributed by atoms with Crippen LogP contribution in [0, 0.1) is 0 Å². The Morgan fingerprint density at radius 2 is 0.903 bits per heavy atom. The molecule has 4 aromatic rings. The second-order valence-electron chi connectivity index (χ2n) is 7.97. The summed E-state index contributed by atoms with van der Waals surface area (Å²) in [6, 6.07) is 27.2. The van der Waals surface area contributed by atoms with Crippen molar-refractivity contribution in [1.82, 2.24) is 0 Å². The molecule has 2 aliphatic rings. The highest BCUT2D eigenvalue weighted by Gasteiger charge is 2.54. The van der Waals surface area contributed by atoms with Crippen molar-refractivity contribution in [2.75, 3.05) is 0 Å². The van der Waals surface area contributed by atoms with Crippen molar-refractivity contribution < 1.29 is 19.8 Å². The second-order valence-corrected chi connectivity index (χ2v) is 11.6. The molecule has 0 aliphatic carbocycles. The van der Waals surface area contributed by atoms with Crippen LogP contribution < -0.4 is 20.7 Å². The van der Waals surface area contributed by atoms with Gasteiger partial charge < -0.3 is 10.2 Å². The summed E-state index contributed by atoms with van der Waals surface area (Å²) in [6.07, 6.45) is 0. The van der Waals surface area contributed by atoms with E-state index in [0.717, 1.165) is 32.6 Å². The van der Waals surface area contributed by atoms with Gasteiger partial charge in [0.25, 0.3) is 0 Å². The molecule has 0 fully saturated rings. The lowest BCUT2D eigenvalue weighted by Gasteiger charge is -2.28. The number of hydrogen-bond donors (Lipinski definition) is 2. The average Bonchev–Trinajstić information content (AvgIpc) is 3.25. The zero-order valence-corrected chi connectivity index (χ0v) is 17.3. The number of hydrogen-bond acceptors (Lipinski definition) is 2. The third-order valence-corrected chi connectivity index (χ3v) is 11.5. The minimum atomic E-state index is -2.83. The highest BCUT2D eigenvalue weighted by atomic mass is 28.3. The van der Waals surface area contributed by atoms with Crippen molar-refractivity contribution in [3.63, 3.8) is 0 Å². The zero-order chi connectivity index (χ0) is 21.3. The molecule has 2 N–H and O–H groups in total. The van der Waals surface area contributed by atoms with E-state index in [1.807, 2.05) is 48.5 Å². The first-order valence-electron chi connectivity index (χ1n) is 9.99. The summed E-state index contributed by atoms with van der Waals surface area (Å²) in [5.74, 6) is -1.93. The Bertz CT molecular complexity index is 1340. The van der Waals surface area contributed by atoms with Crippen molar-refractivity contribution in [1.29, 1.82) is 0 Å². The van der Waals surface area contributed by atoms with Crippen LogP contribution in [0.1, 0.15) is 20.7 Å². The largest absolute Gasteiger partial charge is 0.478 e. The fourth-order valence-electron chi connectivity index (χ4n) is 5.41. The van der Waals surface area contributed by atoms with E-state index in [9.17, 15) is 19.8 Å². The van der Waals surface area contributed by atoms with Crippen molar-refractivity contribution in [2.45, 2.75) is 0 Å². The topological polar surface area (TPSA) is 74.6 Å². The van der Waals surface area contributed by atoms with Gasteiger partial charge in [-0.15, -0.1) is 0 Å². The Balaban J connectivity index is 1.83. The Morgan fingerprint density at radius 3 is 1.32 bits per heavy atom. The quantitative estimate of drug-likeness (QED) is 0.422. The lowest BCUT2D eigenvalue weighted by Crippen LogP contribution is -2.70. The third-order valence-electron chi connectivity index (χ3n) is 6.58. The molecular formula is C26H16O4Si. The molecule has 1 spiro atoms. The molecular weight excluding hydrogens is 404 g/mol. The summed E-state index contributed by atoms with van der Waals surface area (Å²) >= 11 is 0. The number of rotatable bonds is 2. The summed E-state index contributed by atoms with van der Waals surface area (Å²) in [7, 11) is -2.83. The molecule has 0 unspecified atom stereocenters. The molecule has 0 amide bonds. The Labute approximate surface area is 179 Å². The molecule has 4 aromatic carbocycles. The van der Waals surface area contributed by atoms with Crippen molar-refractivity contribution in [3.05, 3.63) is 96.1 Å². The molecule has 0 saturated heterocycles. The van der Waals surface area contributed by atoms with Crippen molar-refractivity contribution in [3.8, 4) is 22.3 Å². The highest BCUT2D eigenvalue weighted by Crippen LogP contribution is 2.36. The standard InChI is InChI=1S/C26H16O4Si/c27-25(28)15-9-11-19-20-12-10-16(26(29)30)14-24(20)31(23(19)13-15)21-7-3-1-5-17(21)18-6-2-4-8-22(18)31/h1-14H,(H,27,28)(H,29,30). The number of fused-ring (bicyclic) bond motifs is 10. The van der Waals surface area contributed by atoms with Crippen LogP contribution in [0.15, 0.2) is 84.9 Å². The number of aromatic carboxylic acids is 2. The molecule has 6 rings (SSSR count). The molecule has 0 saturated carbocycles. The number of carbonyl (C=O) groups is 2. The van der Waals surface area contributed by atoms with Crippen LogP contribution in [-0.2, 0) is 0 Å². The van der Waals surface area contributed by atoms with Gasteiger partial charge in [-0.3, -0.25) is 0 Å². The Kier molecular flexibility index (Phi) is 3.47. The SMILES string of the molecule is O=C(O)c1ccc2c(c1)[Si]1(c3ccccc3-c3ccccc31)c1cc(C(=O)O)ccc1-2. The van der Waals surface area contributed by atoms with Crippen LogP contribution in [0.2, 0.25) is 0 Å². The van der Waals surface area contributed by atoms with E-state index < -0.39 is 20.0 Å². The summed E-state index contributed by atoms with van der Waals surface area (Å²) < 4.78 is 0. The van der Waals surface area contributed by atoms with Gasteiger partial charge in [-0.2, -0.15) is 0 Å². The summed E-state index contributed by atoms with van der Waals surface area (Å²) in [4.78, 5) is 23.7. The van der Waals surface area contributed by atoms with E-state index >= 15 is 0 Å². The first-order chi connectivity index (χ1) is 15.0. The van der Waals surface area contributed by atoms with Gasteiger partial charge in [0.2, 0.25) is 0 Å². The highest BCUT2D eigenvalue weighted by molar-refractivity contribution is 7.24. The van der Waals surface area contributed by atoms with E-state index in [2.05, 4.69) is 24.3 Å².